The minimum atomic E-state index is -0.890. The van der Waals surface area contributed by atoms with Crippen molar-refractivity contribution in [1.82, 2.24) is 9.88 Å². The highest BCUT2D eigenvalue weighted by Gasteiger charge is 2.43. The van der Waals surface area contributed by atoms with Crippen LogP contribution in [0.3, 0.4) is 0 Å². The Morgan fingerprint density at radius 3 is 2.95 bits per heavy atom. The number of nitrogens with zero attached hydrogens (tertiary/aromatic N) is 2. The van der Waals surface area contributed by atoms with Gasteiger partial charge in [-0.15, -0.1) is 0 Å². The Bertz CT molecular complexity index is 520. The highest BCUT2D eigenvalue weighted by molar-refractivity contribution is 5.81. The Kier molecular flexibility index (Phi) is 5.49. The number of carbonyl (C=O) groups excluding carboxylic acids is 1. The number of hydrogen-bond acceptors (Lipinski definition) is 4. The van der Waals surface area contributed by atoms with E-state index < -0.39 is 11.4 Å². The number of hydrogen-bond donors (Lipinski definition) is 1. The van der Waals surface area contributed by atoms with E-state index >= 15 is 0 Å². The van der Waals surface area contributed by atoms with Crippen molar-refractivity contribution in [3.05, 3.63) is 30.1 Å². The van der Waals surface area contributed by atoms with Crippen LogP contribution in [0.5, 0.6) is 0 Å². The largest absolute Gasteiger partial charge is 0.481 e. The number of carboxylic acid groups (broad SMARTS) is 1. The monoisotopic (exact) mass is 306 g/mol. The fourth-order valence-corrected chi connectivity index (χ4v) is 2.92. The SMILES string of the molecule is COCC[C@@]1(C(=O)O)CCCN(C(=O)Cc2cccnc2)C1. The molecule has 1 aromatic rings. The van der Waals surface area contributed by atoms with Crippen LogP contribution in [0, 0.1) is 5.41 Å². The number of methoxy groups -OCH3 is 1. The minimum Gasteiger partial charge on any atom is -0.481 e. The summed E-state index contributed by atoms with van der Waals surface area (Å²) in [6.45, 7) is 1.25. The number of piperidine rings is 1. The van der Waals surface area contributed by atoms with Crippen molar-refractivity contribution in [2.45, 2.75) is 25.7 Å². The molecule has 22 heavy (non-hydrogen) atoms. The van der Waals surface area contributed by atoms with Gasteiger partial charge in [0.05, 0.1) is 11.8 Å². The van der Waals surface area contributed by atoms with Crippen molar-refractivity contribution in [3.63, 3.8) is 0 Å². The quantitative estimate of drug-likeness (QED) is 0.858. The highest BCUT2D eigenvalue weighted by Crippen LogP contribution is 2.34. The minimum absolute atomic E-state index is 0.0456. The summed E-state index contributed by atoms with van der Waals surface area (Å²) < 4.78 is 5.04. The first kappa shape index (κ1) is 16.4. The van der Waals surface area contributed by atoms with E-state index in [1.165, 1.54) is 0 Å². The summed E-state index contributed by atoms with van der Waals surface area (Å²) in [5.74, 6) is -0.890. The average molecular weight is 306 g/mol. The van der Waals surface area contributed by atoms with Crippen molar-refractivity contribution in [2.24, 2.45) is 5.41 Å². The predicted molar refractivity (Wildman–Crippen MR) is 80.3 cm³/mol. The summed E-state index contributed by atoms with van der Waals surface area (Å²) in [6.07, 6.45) is 5.30. The van der Waals surface area contributed by atoms with E-state index in [1.54, 1.807) is 30.5 Å². The normalized spacial score (nSPS) is 21.6. The summed E-state index contributed by atoms with van der Waals surface area (Å²) in [6, 6.07) is 3.64. The number of amides is 1. The zero-order valence-electron chi connectivity index (χ0n) is 12.8. The molecule has 1 atom stereocenters. The molecule has 2 heterocycles. The van der Waals surface area contributed by atoms with Crippen molar-refractivity contribution < 1.29 is 19.4 Å². The lowest BCUT2D eigenvalue weighted by Gasteiger charge is -2.40. The van der Waals surface area contributed by atoms with Crippen LogP contribution in [0.15, 0.2) is 24.5 Å². The van der Waals surface area contributed by atoms with Gasteiger partial charge in [-0.3, -0.25) is 14.6 Å². The van der Waals surface area contributed by atoms with Gasteiger partial charge in [0.25, 0.3) is 0 Å². The van der Waals surface area contributed by atoms with Crippen LogP contribution in [-0.2, 0) is 20.7 Å². The molecule has 1 aromatic heterocycles. The summed E-state index contributed by atoms with van der Waals surface area (Å²) >= 11 is 0. The van der Waals surface area contributed by atoms with Crippen molar-refractivity contribution >= 4 is 11.9 Å². The van der Waals surface area contributed by atoms with Gasteiger partial charge in [-0.25, -0.2) is 0 Å². The van der Waals surface area contributed by atoms with E-state index in [2.05, 4.69) is 4.98 Å². The smallest absolute Gasteiger partial charge is 0.311 e. The van der Waals surface area contributed by atoms with Gasteiger partial charge in [0, 0.05) is 39.2 Å². The third-order valence-corrected chi connectivity index (χ3v) is 4.25. The third-order valence-electron chi connectivity index (χ3n) is 4.25. The molecule has 0 bridgehead atoms. The second-order valence-corrected chi connectivity index (χ2v) is 5.79. The first-order chi connectivity index (χ1) is 10.6. The molecule has 1 saturated heterocycles. The molecule has 1 N–H and O–H groups in total. The Morgan fingerprint density at radius 1 is 1.50 bits per heavy atom. The van der Waals surface area contributed by atoms with E-state index in [4.69, 9.17) is 4.74 Å². The van der Waals surface area contributed by atoms with Gasteiger partial charge in [-0.2, -0.15) is 0 Å². The first-order valence-electron chi connectivity index (χ1n) is 7.46. The Hall–Kier alpha value is -1.95. The number of aliphatic carboxylic acids is 1. The number of carbonyl (C=O) groups is 2. The second kappa shape index (κ2) is 7.35. The maximum atomic E-state index is 12.4. The molecule has 0 unspecified atom stereocenters. The second-order valence-electron chi connectivity index (χ2n) is 5.79. The molecule has 6 heteroatoms. The average Bonchev–Trinajstić information content (AvgIpc) is 2.54. The summed E-state index contributed by atoms with van der Waals surface area (Å²) in [5, 5.41) is 9.60. The highest BCUT2D eigenvalue weighted by atomic mass is 16.5. The molecule has 0 saturated carbocycles. The molecule has 1 fully saturated rings. The fourth-order valence-electron chi connectivity index (χ4n) is 2.92. The fraction of sp³-hybridized carbons (Fsp3) is 0.562. The molecule has 0 spiro atoms. The number of pyridine rings is 1. The lowest BCUT2D eigenvalue weighted by Crippen LogP contribution is -2.50. The Morgan fingerprint density at radius 2 is 2.32 bits per heavy atom. The van der Waals surface area contributed by atoms with E-state index in [9.17, 15) is 14.7 Å². The zero-order valence-corrected chi connectivity index (χ0v) is 12.8. The number of ether oxygens (including phenoxy) is 1. The molecule has 6 nitrogen and oxygen atoms in total. The predicted octanol–water partition coefficient (Wildman–Crippen LogP) is 1.35. The third kappa shape index (κ3) is 3.82. The van der Waals surface area contributed by atoms with Crippen molar-refractivity contribution in [2.75, 3.05) is 26.8 Å². The molecule has 2 rings (SSSR count). The summed E-state index contributed by atoms with van der Waals surface area (Å²) in [4.78, 5) is 29.8. The van der Waals surface area contributed by atoms with Crippen LogP contribution in [0.25, 0.3) is 0 Å². The number of carboxylic acids is 1. The van der Waals surface area contributed by atoms with Gasteiger partial charge in [0.15, 0.2) is 0 Å². The van der Waals surface area contributed by atoms with E-state index in [0.29, 0.717) is 32.4 Å². The van der Waals surface area contributed by atoms with Gasteiger partial charge in [-0.1, -0.05) is 6.07 Å². The lowest BCUT2D eigenvalue weighted by atomic mass is 9.77. The molecular formula is C16H22N2O4. The molecule has 1 aliphatic heterocycles. The molecule has 1 amide bonds. The van der Waals surface area contributed by atoms with Gasteiger partial charge in [0.2, 0.25) is 5.91 Å². The standard InChI is InChI=1S/C16H22N2O4/c1-22-9-6-16(15(20)21)5-3-8-18(12-16)14(19)10-13-4-2-7-17-11-13/h2,4,7,11H,3,5-6,8-10,12H2,1H3,(H,20,21)/t16-/m0/s1. The van der Waals surface area contributed by atoms with Gasteiger partial charge in [-0.05, 0) is 30.9 Å². The maximum absolute atomic E-state index is 12.4. The van der Waals surface area contributed by atoms with E-state index in [-0.39, 0.29) is 18.9 Å². The van der Waals surface area contributed by atoms with Gasteiger partial charge >= 0.3 is 5.97 Å². The van der Waals surface area contributed by atoms with E-state index in [1.807, 2.05) is 6.07 Å². The lowest BCUT2D eigenvalue weighted by molar-refractivity contribution is -0.156. The molecule has 120 valence electrons. The van der Waals surface area contributed by atoms with Crippen LogP contribution in [0.2, 0.25) is 0 Å². The molecule has 1 aliphatic rings. The first-order valence-corrected chi connectivity index (χ1v) is 7.46. The van der Waals surface area contributed by atoms with Gasteiger partial charge < -0.3 is 14.7 Å². The number of likely N-dealkylation sites (tertiary alicyclic amines) is 1. The maximum Gasteiger partial charge on any atom is 0.311 e. The van der Waals surface area contributed by atoms with Crippen molar-refractivity contribution in [1.29, 1.82) is 0 Å². The Labute approximate surface area is 130 Å². The van der Waals surface area contributed by atoms with Crippen LogP contribution in [0.1, 0.15) is 24.8 Å². The zero-order chi connectivity index (χ0) is 16.0. The number of rotatable bonds is 6. The summed E-state index contributed by atoms with van der Waals surface area (Å²) in [7, 11) is 1.56. The summed E-state index contributed by atoms with van der Waals surface area (Å²) in [5.41, 5.74) is -0.0466. The van der Waals surface area contributed by atoms with E-state index in [0.717, 1.165) is 5.56 Å². The van der Waals surface area contributed by atoms with Crippen LogP contribution >= 0.6 is 0 Å². The van der Waals surface area contributed by atoms with Gasteiger partial charge in [0.1, 0.15) is 0 Å². The molecule has 0 radical (unpaired) electrons. The topological polar surface area (TPSA) is 79.7 Å². The number of aromatic nitrogens is 1. The molecular weight excluding hydrogens is 284 g/mol. The van der Waals surface area contributed by atoms with Crippen molar-refractivity contribution in [3.8, 4) is 0 Å². The van der Waals surface area contributed by atoms with Crippen LogP contribution in [0.4, 0.5) is 0 Å². The molecule has 0 aliphatic carbocycles. The molecule has 0 aromatic carbocycles. The van der Waals surface area contributed by atoms with Crippen LogP contribution in [-0.4, -0.2) is 53.7 Å². The Balaban J connectivity index is 2.05. The van der Waals surface area contributed by atoms with Crippen LogP contribution < -0.4 is 0 Å².